The van der Waals surface area contributed by atoms with Gasteiger partial charge in [-0.1, -0.05) is 52.8 Å². The van der Waals surface area contributed by atoms with E-state index in [2.05, 4.69) is 72.7 Å². The summed E-state index contributed by atoms with van der Waals surface area (Å²) in [4.78, 5) is 12.7. The van der Waals surface area contributed by atoms with Gasteiger partial charge in [-0.05, 0) is 43.5 Å². The molecule has 2 atom stereocenters. The number of nitrogens with one attached hydrogen (secondary N) is 2. The first-order valence-corrected chi connectivity index (χ1v) is 16.8. The van der Waals surface area contributed by atoms with Crippen LogP contribution in [0.4, 0.5) is 16.3 Å². The van der Waals surface area contributed by atoms with E-state index in [-0.39, 0.29) is 29.0 Å². The zero-order valence-electron chi connectivity index (χ0n) is 22.7. The van der Waals surface area contributed by atoms with Crippen LogP contribution < -0.4 is 14.8 Å². The van der Waals surface area contributed by atoms with Crippen LogP contribution in [0.5, 0.6) is 6.01 Å². The van der Waals surface area contributed by atoms with Crippen LogP contribution in [-0.4, -0.2) is 50.6 Å². The molecule has 202 valence electrons. The van der Waals surface area contributed by atoms with Crippen molar-refractivity contribution in [3.05, 3.63) is 35.6 Å². The van der Waals surface area contributed by atoms with Crippen molar-refractivity contribution in [2.75, 3.05) is 22.9 Å². The van der Waals surface area contributed by atoms with E-state index in [0.717, 1.165) is 12.7 Å². The maximum atomic E-state index is 14.2. The maximum absolute atomic E-state index is 14.2. The first-order valence-electron chi connectivity index (χ1n) is 12.0. The minimum atomic E-state index is -3.66. The Morgan fingerprint density at radius 3 is 2.22 bits per heavy atom. The molecule has 1 unspecified atom stereocenters. The fourth-order valence-corrected chi connectivity index (χ4v) is 4.63. The Bertz CT molecular complexity index is 1130. The molecule has 0 aliphatic carbocycles. The molecule has 1 aromatic carbocycles. The van der Waals surface area contributed by atoms with Crippen LogP contribution in [0.15, 0.2) is 24.3 Å². The van der Waals surface area contributed by atoms with E-state index >= 15 is 0 Å². The monoisotopic (exact) mass is 541 g/mol. The van der Waals surface area contributed by atoms with Gasteiger partial charge >= 0.3 is 6.01 Å². The molecule has 0 fully saturated rings. The minimum absolute atomic E-state index is 0.0545. The van der Waals surface area contributed by atoms with Crippen molar-refractivity contribution in [1.29, 1.82) is 0 Å². The minimum Gasteiger partial charge on any atom is -0.455 e. The summed E-state index contributed by atoms with van der Waals surface area (Å²) in [6.45, 7) is 17.2. The predicted octanol–water partition coefficient (Wildman–Crippen LogP) is 5.37. The van der Waals surface area contributed by atoms with Gasteiger partial charge in [0.25, 0.3) is 0 Å². The van der Waals surface area contributed by atoms with Gasteiger partial charge in [0.1, 0.15) is 11.9 Å². The number of benzene rings is 1. The van der Waals surface area contributed by atoms with Crippen molar-refractivity contribution in [3.63, 3.8) is 0 Å². The molecule has 0 radical (unpaired) electrons. The number of ether oxygens (including phenoxy) is 1. The molecule has 0 spiro atoms. The summed E-state index contributed by atoms with van der Waals surface area (Å²) in [6.07, 6.45) is 1.05. The van der Waals surface area contributed by atoms with Gasteiger partial charge in [-0.3, -0.25) is 4.72 Å². The molecule has 9 nitrogen and oxygen atoms in total. The van der Waals surface area contributed by atoms with E-state index in [1.807, 2.05) is 0 Å². The second-order valence-electron chi connectivity index (χ2n) is 11.0. The fraction of sp³-hybridized carbons (Fsp3) is 0.625. The van der Waals surface area contributed by atoms with Crippen molar-refractivity contribution >= 4 is 30.2 Å². The molecular formula is C24H40FN5O4SSi. The fourth-order valence-electron chi connectivity index (χ4n) is 3.16. The number of halogens is 1. The number of aromatic nitrogens is 3. The normalized spacial score (nSPS) is 14.4. The third kappa shape index (κ3) is 9.29. The summed E-state index contributed by atoms with van der Waals surface area (Å²) in [5.74, 6) is -0.125. The zero-order chi connectivity index (χ0) is 27.3. The van der Waals surface area contributed by atoms with Crippen molar-refractivity contribution in [3.8, 4) is 6.01 Å². The summed E-state index contributed by atoms with van der Waals surface area (Å²) in [5.41, 5.74) is 0.325. The Labute approximate surface area is 215 Å². The Kier molecular flexibility index (Phi) is 9.82. The number of hydrogen-bond donors (Lipinski definition) is 2. The lowest BCUT2D eigenvalue weighted by molar-refractivity contribution is 0.202. The molecule has 2 N–H and O–H groups in total. The highest BCUT2D eigenvalue weighted by molar-refractivity contribution is 7.91. The van der Waals surface area contributed by atoms with Crippen molar-refractivity contribution in [2.24, 2.45) is 5.92 Å². The molecule has 0 bridgehead atoms. The molecular weight excluding hydrogens is 501 g/mol. The maximum Gasteiger partial charge on any atom is 0.323 e. The van der Waals surface area contributed by atoms with Crippen molar-refractivity contribution < 1.29 is 22.0 Å². The van der Waals surface area contributed by atoms with Gasteiger partial charge < -0.3 is 14.5 Å². The lowest BCUT2D eigenvalue weighted by Crippen LogP contribution is -2.44. The molecule has 0 saturated heterocycles. The molecule has 1 aromatic heterocycles. The first-order chi connectivity index (χ1) is 16.5. The molecule has 0 aliphatic heterocycles. The second-order valence-corrected chi connectivity index (χ2v) is 17.5. The Morgan fingerprint density at radius 1 is 1.06 bits per heavy atom. The largest absolute Gasteiger partial charge is 0.455 e. The van der Waals surface area contributed by atoms with E-state index in [4.69, 9.17) is 9.16 Å². The molecule has 0 saturated carbocycles. The summed E-state index contributed by atoms with van der Waals surface area (Å²) in [7, 11) is -5.66. The predicted molar refractivity (Wildman–Crippen MR) is 144 cm³/mol. The van der Waals surface area contributed by atoms with Crippen molar-refractivity contribution in [2.45, 2.75) is 78.2 Å². The molecule has 1 heterocycles. The van der Waals surface area contributed by atoms with Gasteiger partial charge in [-0.15, -0.1) is 0 Å². The molecule has 2 rings (SSSR count). The quantitative estimate of drug-likeness (QED) is 0.345. The number of sulfonamides is 1. The van der Waals surface area contributed by atoms with Gasteiger partial charge in [0, 0.05) is 5.56 Å². The third-order valence-corrected chi connectivity index (χ3v) is 11.1. The second kappa shape index (κ2) is 11.8. The molecule has 0 amide bonds. The standard InChI is InChI=1S/C24H40FN5O4SSi/c1-16(2)14-18(15-33-36(8,9)24(4,5)6)26-21-27-22(30-35(7,31)32)29-23(28-21)34-17(3)19-12-10-11-13-20(19)25/h10-13,16-18H,14-15H2,1-9H3,(H2,26,27,28,29,30)/t17?,18-/m1/s1. The van der Waals surface area contributed by atoms with E-state index in [0.29, 0.717) is 18.1 Å². The lowest BCUT2D eigenvalue weighted by atomic mass is 10.0. The summed E-state index contributed by atoms with van der Waals surface area (Å²) in [5, 5.41) is 3.33. The average Bonchev–Trinajstić information content (AvgIpc) is 2.69. The number of rotatable bonds is 12. The van der Waals surface area contributed by atoms with Crippen LogP contribution in [0.3, 0.4) is 0 Å². The van der Waals surface area contributed by atoms with E-state index < -0.39 is 30.3 Å². The van der Waals surface area contributed by atoms with Crippen LogP contribution >= 0.6 is 0 Å². The van der Waals surface area contributed by atoms with Gasteiger partial charge in [-0.25, -0.2) is 12.8 Å². The lowest BCUT2D eigenvalue weighted by Gasteiger charge is -2.37. The van der Waals surface area contributed by atoms with Gasteiger partial charge in [0.15, 0.2) is 8.32 Å². The number of nitrogens with zero attached hydrogens (tertiary/aromatic N) is 3. The first kappa shape index (κ1) is 29.9. The van der Waals surface area contributed by atoms with Crippen LogP contribution in [0.25, 0.3) is 0 Å². The smallest absolute Gasteiger partial charge is 0.323 e. The Hall–Kier alpha value is -2.31. The molecule has 36 heavy (non-hydrogen) atoms. The Morgan fingerprint density at radius 2 is 1.67 bits per heavy atom. The molecule has 2 aromatic rings. The van der Waals surface area contributed by atoms with E-state index in [9.17, 15) is 12.8 Å². The van der Waals surface area contributed by atoms with E-state index in [1.54, 1.807) is 25.1 Å². The number of anilines is 2. The van der Waals surface area contributed by atoms with Gasteiger partial charge in [0.05, 0.1) is 18.9 Å². The van der Waals surface area contributed by atoms with Gasteiger partial charge in [0.2, 0.25) is 21.9 Å². The van der Waals surface area contributed by atoms with Crippen LogP contribution in [-0.2, 0) is 14.4 Å². The van der Waals surface area contributed by atoms with Crippen molar-refractivity contribution in [1.82, 2.24) is 15.0 Å². The highest BCUT2D eigenvalue weighted by Gasteiger charge is 2.37. The average molecular weight is 542 g/mol. The Balaban J connectivity index is 2.34. The molecule has 12 heteroatoms. The van der Waals surface area contributed by atoms with Crippen LogP contribution in [0.1, 0.15) is 59.6 Å². The van der Waals surface area contributed by atoms with Gasteiger partial charge in [-0.2, -0.15) is 15.0 Å². The van der Waals surface area contributed by atoms with Crippen LogP contribution in [0.2, 0.25) is 18.1 Å². The summed E-state index contributed by atoms with van der Waals surface area (Å²) in [6, 6.07) is 5.96. The topological polar surface area (TPSA) is 115 Å². The number of hydrogen-bond acceptors (Lipinski definition) is 8. The van der Waals surface area contributed by atoms with E-state index in [1.165, 1.54) is 6.07 Å². The van der Waals surface area contributed by atoms with Crippen LogP contribution in [0, 0.1) is 11.7 Å². The SMILES string of the molecule is CC(C)C[C@H](CO[Si](C)(C)C(C)(C)C)Nc1nc(NS(C)(=O)=O)nc(OC(C)c2ccccc2F)n1. The summed E-state index contributed by atoms with van der Waals surface area (Å²) < 4.78 is 52.4. The highest BCUT2D eigenvalue weighted by atomic mass is 32.2. The zero-order valence-corrected chi connectivity index (χ0v) is 24.5. The summed E-state index contributed by atoms with van der Waals surface area (Å²) >= 11 is 0. The highest BCUT2D eigenvalue weighted by Crippen LogP contribution is 2.36. The third-order valence-electron chi connectivity index (χ3n) is 6.06. The molecule has 0 aliphatic rings.